The zero-order valence-corrected chi connectivity index (χ0v) is 12.7. The van der Waals surface area contributed by atoms with E-state index in [1.165, 1.54) is 18.0 Å². The predicted molar refractivity (Wildman–Crippen MR) is 85.4 cm³/mol. The van der Waals surface area contributed by atoms with Gasteiger partial charge in [-0.1, -0.05) is 17.8 Å². The van der Waals surface area contributed by atoms with E-state index in [9.17, 15) is 9.59 Å². The van der Waals surface area contributed by atoms with E-state index in [2.05, 4.69) is 25.5 Å². The number of H-pyrrole nitrogens is 1. The summed E-state index contributed by atoms with van der Waals surface area (Å²) in [5.74, 6) is 0.957. The molecule has 2 N–H and O–H groups in total. The molecule has 23 heavy (non-hydrogen) atoms. The van der Waals surface area contributed by atoms with Gasteiger partial charge in [-0.2, -0.15) is 5.10 Å². The highest BCUT2D eigenvalue weighted by Gasteiger charge is 2.28. The summed E-state index contributed by atoms with van der Waals surface area (Å²) in [7, 11) is 0. The van der Waals surface area contributed by atoms with Gasteiger partial charge in [-0.15, -0.1) is 0 Å². The van der Waals surface area contributed by atoms with Crippen molar-refractivity contribution in [3.05, 3.63) is 40.9 Å². The second kappa shape index (κ2) is 5.51. The number of hydrogen-bond donors (Lipinski definition) is 2. The molecule has 0 fully saturated rings. The van der Waals surface area contributed by atoms with Gasteiger partial charge in [0.25, 0.3) is 5.56 Å². The summed E-state index contributed by atoms with van der Waals surface area (Å²) in [5, 5.41) is 10.3. The maximum atomic E-state index is 12.5. The number of aromatic nitrogens is 5. The van der Waals surface area contributed by atoms with Crippen LogP contribution in [0.25, 0.3) is 11.0 Å². The lowest BCUT2D eigenvalue weighted by Crippen LogP contribution is -2.27. The average Bonchev–Trinajstić information content (AvgIpc) is 3.16. The minimum atomic E-state index is -0.224. The molecular weight excluding hydrogens is 316 g/mol. The Morgan fingerprint density at radius 1 is 1.48 bits per heavy atom. The van der Waals surface area contributed by atoms with Crippen molar-refractivity contribution in [2.75, 3.05) is 11.1 Å². The number of hydrogen-bond acceptors (Lipinski definition) is 6. The van der Waals surface area contributed by atoms with Crippen molar-refractivity contribution in [2.24, 2.45) is 0 Å². The van der Waals surface area contributed by atoms with E-state index in [0.29, 0.717) is 27.8 Å². The molecular formula is C14H12N6O2S. The van der Waals surface area contributed by atoms with E-state index in [1.54, 1.807) is 29.0 Å². The van der Waals surface area contributed by atoms with E-state index in [4.69, 9.17) is 0 Å². The highest BCUT2D eigenvalue weighted by atomic mass is 32.2. The van der Waals surface area contributed by atoms with Gasteiger partial charge in [-0.3, -0.25) is 19.3 Å². The van der Waals surface area contributed by atoms with E-state index in [-0.39, 0.29) is 23.9 Å². The topological polar surface area (TPSA) is 106 Å². The van der Waals surface area contributed by atoms with Gasteiger partial charge in [0.15, 0.2) is 10.8 Å². The molecule has 1 atom stereocenters. The number of carbonyl (C=O) groups excluding carboxylic acids is 1. The van der Waals surface area contributed by atoms with E-state index in [1.807, 2.05) is 0 Å². The SMILES string of the molecule is O=C(CC1CSc2nc3[nH]ncc3c(=O)n21)Nc1ccccn1. The second-order valence-electron chi connectivity index (χ2n) is 5.13. The van der Waals surface area contributed by atoms with E-state index < -0.39 is 0 Å². The molecule has 0 aliphatic carbocycles. The Bertz CT molecular complexity index is 935. The Labute approximate surface area is 134 Å². The minimum Gasteiger partial charge on any atom is -0.311 e. The van der Waals surface area contributed by atoms with Crippen molar-refractivity contribution >= 4 is 34.5 Å². The summed E-state index contributed by atoms with van der Waals surface area (Å²) < 4.78 is 1.58. The van der Waals surface area contributed by atoms with Crippen molar-refractivity contribution in [1.29, 1.82) is 0 Å². The minimum absolute atomic E-state index is 0.167. The highest BCUT2D eigenvalue weighted by Crippen LogP contribution is 2.32. The maximum absolute atomic E-state index is 12.5. The molecule has 0 saturated carbocycles. The molecule has 0 aromatic carbocycles. The predicted octanol–water partition coefficient (Wildman–Crippen LogP) is 1.19. The van der Waals surface area contributed by atoms with Crippen molar-refractivity contribution in [1.82, 2.24) is 24.7 Å². The lowest BCUT2D eigenvalue weighted by molar-refractivity contribution is -0.116. The average molecular weight is 328 g/mol. The zero-order chi connectivity index (χ0) is 15.8. The third-order valence-electron chi connectivity index (χ3n) is 3.61. The van der Waals surface area contributed by atoms with Crippen LogP contribution in [-0.2, 0) is 4.79 Å². The van der Waals surface area contributed by atoms with Crippen LogP contribution < -0.4 is 10.9 Å². The zero-order valence-electron chi connectivity index (χ0n) is 11.9. The molecule has 0 bridgehead atoms. The summed E-state index contributed by atoms with van der Waals surface area (Å²) in [4.78, 5) is 33.2. The van der Waals surface area contributed by atoms with Gasteiger partial charge in [0.05, 0.1) is 12.2 Å². The Hall–Kier alpha value is -2.68. The van der Waals surface area contributed by atoms with Gasteiger partial charge in [0, 0.05) is 18.4 Å². The maximum Gasteiger partial charge on any atom is 0.265 e. The van der Waals surface area contributed by atoms with Crippen LogP contribution in [0.1, 0.15) is 12.5 Å². The first-order valence-corrected chi connectivity index (χ1v) is 8.00. The van der Waals surface area contributed by atoms with Crippen LogP contribution in [0.2, 0.25) is 0 Å². The summed E-state index contributed by atoms with van der Waals surface area (Å²) in [6, 6.07) is 5.07. The first-order chi connectivity index (χ1) is 11.2. The first kappa shape index (κ1) is 13.9. The largest absolute Gasteiger partial charge is 0.311 e. The Kier molecular flexibility index (Phi) is 3.34. The van der Waals surface area contributed by atoms with Crippen molar-refractivity contribution in [2.45, 2.75) is 17.6 Å². The summed E-state index contributed by atoms with van der Waals surface area (Å²) in [6.07, 6.45) is 3.27. The first-order valence-electron chi connectivity index (χ1n) is 7.01. The number of carbonyl (C=O) groups is 1. The number of pyridine rings is 1. The van der Waals surface area contributed by atoms with Crippen LogP contribution in [0.15, 0.2) is 40.5 Å². The normalized spacial score (nSPS) is 16.4. The molecule has 1 aliphatic rings. The molecule has 4 rings (SSSR count). The van der Waals surface area contributed by atoms with E-state index in [0.717, 1.165) is 0 Å². The fraction of sp³-hybridized carbons (Fsp3) is 0.214. The van der Waals surface area contributed by atoms with Gasteiger partial charge in [-0.25, -0.2) is 9.97 Å². The molecule has 8 nitrogen and oxygen atoms in total. The number of anilines is 1. The number of nitrogens with zero attached hydrogens (tertiary/aromatic N) is 4. The molecule has 9 heteroatoms. The van der Waals surface area contributed by atoms with Gasteiger partial charge in [0.1, 0.15) is 11.2 Å². The standard InChI is InChI=1S/C14H12N6O2S/c21-11(17-10-3-1-2-4-15-10)5-8-7-23-14-18-12-9(6-16-19-12)13(22)20(8)14/h1-4,6,8H,5,7H2,(H,16,19)(H,15,17,21). The molecule has 3 aromatic heterocycles. The smallest absolute Gasteiger partial charge is 0.265 e. The van der Waals surface area contributed by atoms with Gasteiger partial charge in [0.2, 0.25) is 5.91 Å². The summed E-state index contributed by atoms with van der Waals surface area (Å²) in [5.41, 5.74) is 0.312. The molecule has 0 radical (unpaired) electrons. The molecule has 4 heterocycles. The van der Waals surface area contributed by atoms with Crippen molar-refractivity contribution < 1.29 is 4.79 Å². The number of fused-ring (bicyclic) bond motifs is 2. The molecule has 1 amide bonds. The number of thioether (sulfide) groups is 1. The van der Waals surface area contributed by atoms with E-state index >= 15 is 0 Å². The highest BCUT2D eigenvalue weighted by molar-refractivity contribution is 7.99. The van der Waals surface area contributed by atoms with Crippen LogP contribution in [0.3, 0.4) is 0 Å². The van der Waals surface area contributed by atoms with Gasteiger partial charge in [-0.05, 0) is 12.1 Å². The van der Waals surface area contributed by atoms with Crippen LogP contribution in [0, 0.1) is 0 Å². The second-order valence-corrected chi connectivity index (χ2v) is 6.12. The Morgan fingerprint density at radius 3 is 3.22 bits per heavy atom. The quantitative estimate of drug-likeness (QED) is 0.700. The third kappa shape index (κ3) is 2.48. The lowest BCUT2D eigenvalue weighted by atomic mass is 10.2. The summed E-state index contributed by atoms with van der Waals surface area (Å²) >= 11 is 1.47. The van der Waals surface area contributed by atoms with Crippen LogP contribution >= 0.6 is 11.8 Å². The third-order valence-corrected chi connectivity index (χ3v) is 4.70. The number of amides is 1. The Morgan fingerprint density at radius 2 is 2.39 bits per heavy atom. The monoisotopic (exact) mass is 328 g/mol. The molecule has 116 valence electrons. The van der Waals surface area contributed by atoms with Crippen molar-refractivity contribution in [3.8, 4) is 0 Å². The number of aromatic amines is 1. The van der Waals surface area contributed by atoms with Crippen LogP contribution in [-0.4, -0.2) is 36.4 Å². The fourth-order valence-electron chi connectivity index (χ4n) is 2.55. The molecule has 1 unspecified atom stereocenters. The van der Waals surface area contributed by atoms with Gasteiger partial charge >= 0.3 is 0 Å². The Balaban J connectivity index is 1.59. The molecule has 0 spiro atoms. The summed E-state index contributed by atoms with van der Waals surface area (Å²) in [6.45, 7) is 0. The molecule has 1 aliphatic heterocycles. The molecule has 0 saturated heterocycles. The van der Waals surface area contributed by atoms with Crippen LogP contribution in [0.5, 0.6) is 0 Å². The van der Waals surface area contributed by atoms with Gasteiger partial charge < -0.3 is 5.32 Å². The van der Waals surface area contributed by atoms with Crippen molar-refractivity contribution in [3.63, 3.8) is 0 Å². The number of nitrogens with one attached hydrogen (secondary N) is 2. The van der Waals surface area contributed by atoms with Crippen LogP contribution in [0.4, 0.5) is 5.82 Å². The lowest BCUT2D eigenvalue weighted by Gasteiger charge is -2.12. The number of rotatable bonds is 3. The molecule has 3 aromatic rings. The fourth-order valence-corrected chi connectivity index (χ4v) is 3.69.